The summed E-state index contributed by atoms with van der Waals surface area (Å²) in [5.74, 6) is -3.34. The molecule has 1 amide bonds. The van der Waals surface area contributed by atoms with Gasteiger partial charge in [0.2, 0.25) is 5.91 Å². The lowest BCUT2D eigenvalue weighted by Crippen LogP contribution is -2.11. The zero-order valence-corrected chi connectivity index (χ0v) is 9.88. The first-order chi connectivity index (χ1) is 8.93. The minimum atomic E-state index is -1.26. The van der Waals surface area contributed by atoms with Gasteiger partial charge < -0.3 is 20.3 Å². The lowest BCUT2D eigenvalue weighted by atomic mass is 10.2. The zero-order chi connectivity index (χ0) is 14.4. The molecule has 7 nitrogen and oxygen atoms in total. The van der Waals surface area contributed by atoms with Crippen LogP contribution < -0.4 is 10.4 Å². The summed E-state index contributed by atoms with van der Waals surface area (Å²) in [7, 11) is 1.15. The molecule has 0 aliphatic carbocycles. The molecule has 1 rings (SSSR count). The number of nitrogens with one attached hydrogen (secondary N) is 1. The van der Waals surface area contributed by atoms with E-state index in [4.69, 9.17) is 5.11 Å². The number of rotatable bonds is 4. The van der Waals surface area contributed by atoms with E-state index >= 15 is 0 Å². The van der Waals surface area contributed by atoms with Crippen molar-refractivity contribution in [3.05, 3.63) is 35.9 Å². The number of carboxylic acids is 1. The number of hydrogen-bond acceptors (Lipinski definition) is 5. The van der Waals surface area contributed by atoms with Crippen molar-refractivity contribution < 1.29 is 29.3 Å². The predicted octanol–water partition coefficient (Wildman–Crippen LogP) is 0.126. The van der Waals surface area contributed by atoms with E-state index in [1.807, 2.05) is 0 Å². The second-order valence-electron chi connectivity index (χ2n) is 3.36. The van der Waals surface area contributed by atoms with Crippen LogP contribution in [0.4, 0.5) is 5.69 Å². The number of benzene rings is 1. The number of aliphatic carboxylic acids is 1. The van der Waals surface area contributed by atoms with Gasteiger partial charge in [0, 0.05) is 17.8 Å². The first-order valence-electron chi connectivity index (χ1n) is 5.05. The number of anilines is 1. The SMILES string of the molecule is COC(=O)c1ccc(NC(=O)/C=C/C(=O)O)cc1[O-]. The Morgan fingerprint density at radius 1 is 1.32 bits per heavy atom. The van der Waals surface area contributed by atoms with E-state index in [9.17, 15) is 19.5 Å². The molecule has 1 aromatic rings. The highest BCUT2D eigenvalue weighted by atomic mass is 16.5. The third-order valence-corrected chi connectivity index (χ3v) is 2.03. The molecule has 0 aliphatic rings. The second kappa shape index (κ2) is 6.20. The van der Waals surface area contributed by atoms with Gasteiger partial charge >= 0.3 is 11.9 Å². The summed E-state index contributed by atoms with van der Waals surface area (Å²) >= 11 is 0. The molecule has 0 spiro atoms. The molecular formula is C12H10NO6-. The maximum absolute atomic E-state index is 11.5. The third kappa shape index (κ3) is 4.15. The van der Waals surface area contributed by atoms with Gasteiger partial charge in [-0.25, -0.2) is 9.59 Å². The van der Waals surface area contributed by atoms with Crippen LogP contribution in [0.3, 0.4) is 0 Å². The topological polar surface area (TPSA) is 116 Å². The lowest BCUT2D eigenvalue weighted by molar-refractivity contribution is -0.268. The van der Waals surface area contributed by atoms with E-state index in [1.165, 1.54) is 12.1 Å². The number of carboxylic acid groups (broad SMARTS) is 1. The van der Waals surface area contributed by atoms with Gasteiger partial charge in [-0.1, -0.05) is 5.75 Å². The first kappa shape index (κ1) is 14.2. The van der Waals surface area contributed by atoms with Crippen LogP contribution in [-0.4, -0.2) is 30.1 Å². The Morgan fingerprint density at radius 2 is 2.00 bits per heavy atom. The number of carbonyl (C=O) groups is 3. The highest BCUT2D eigenvalue weighted by molar-refractivity contribution is 6.02. The molecule has 1 aromatic carbocycles. The van der Waals surface area contributed by atoms with Gasteiger partial charge in [0.05, 0.1) is 12.7 Å². The lowest BCUT2D eigenvalue weighted by Gasteiger charge is -2.13. The fourth-order valence-electron chi connectivity index (χ4n) is 1.21. The van der Waals surface area contributed by atoms with Crippen molar-refractivity contribution in [3.63, 3.8) is 0 Å². The summed E-state index contributed by atoms with van der Waals surface area (Å²) in [5, 5.41) is 22.1. The average Bonchev–Trinajstić information content (AvgIpc) is 2.35. The van der Waals surface area contributed by atoms with Crippen LogP contribution in [0.5, 0.6) is 5.75 Å². The van der Waals surface area contributed by atoms with Crippen LogP contribution in [0.1, 0.15) is 10.4 Å². The summed E-state index contributed by atoms with van der Waals surface area (Å²) in [6.45, 7) is 0. The van der Waals surface area contributed by atoms with E-state index in [2.05, 4.69) is 10.1 Å². The Balaban J connectivity index is 2.82. The summed E-state index contributed by atoms with van der Waals surface area (Å²) in [6, 6.07) is 3.59. The van der Waals surface area contributed by atoms with Gasteiger partial charge in [-0.15, -0.1) is 0 Å². The fourth-order valence-corrected chi connectivity index (χ4v) is 1.21. The molecule has 0 unspecified atom stereocenters. The maximum atomic E-state index is 11.5. The van der Waals surface area contributed by atoms with E-state index < -0.39 is 23.6 Å². The number of amides is 1. The maximum Gasteiger partial charge on any atom is 0.337 e. The van der Waals surface area contributed by atoms with Crippen LogP contribution in [0.15, 0.2) is 30.4 Å². The first-order valence-corrected chi connectivity index (χ1v) is 5.05. The summed E-state index contributed by atoms with van der Waals surface area (Å²) in [6.07, 6.45) is 1.47. The van der Waals surface area contributed by atoms with Gasteiger partial charge in [-0.2, -0.15) is 0 Å². The van der Waals surface area contributed by atoms with Crippen molar-refractivity contribution in [2.24, 2.45) is 0 Å². The monoisotopic (exact) mass is 264 g/mol. The van der Waals surface area contributed by atoms with Crippen molar-refractivity contribution in [2.75, 3.05) is 12.4 Å². The third-order valence-electron chi connectivity index (χ3n) is 2.03. The molecule has 0 saturated heterocycles. The molecule has 0 radical (unpaired) electrons. The Labute approximate surface area is 108 Å². The molecule has 0 heterocycles. The van der Waals surface area contributed by atoms with Gasteiger partial charge in [0.25, 0.3) is 0 Å². The van der Waals surface area contributed by atoms with Gasteiger partial charge in [0.1, 0.15) is 0 Å². The van der Waals surface area contributed by atoms with Crippen LogP contribution in [-0.2, 0) is 14.3 Å². The number of hydrogen-bond donors (Lipinski definition) is 2. The molecule has 0 saturated carbocycles. The molecule has 100 valence electrons. The van der Waals surface area contributed by atoms with Crippen LogP contribution in [0.25, 0.3) is 0 Å². The Morgan fingerprint density at radius 3 is 2.53 bits per heavy atom. The average molecular weight is 264 g/mol. The molecule has 7 heteroatoms. The van der Waals surface area contributed by atoms with Gasteiger partial charge in [-0.3, -0.25) is 4.79 Å². The van der Waals surface area contributed by atoms with E-state index in [0.29, 0.717) is 6.08 Å². The number of esters is 1. The molecule has 0 bridgehead atoms. The van der Waals surface area contributed by atoms with Crippen molar-refractivity contribution in [1.82, 2.24) is 0 Å². The van der Waals surface area contributed by atoms with Crippen LogP contribution in [0.2, 0.25) is 0 Å². The fraction of sp³-hybridized carbons (Fsp3) is 0.0833. The Hall–Kier alpha value is -2.83. The van der Waals surface area contributed by atoms with Crippen molar-refractivity contribution >= 4 is 23.5 Å². The highest BCUT2D eigenvalue weighted by Gasteiger charge is 2.07. The smallest absolute Gasteiger partial charge is 0.337 e. The second-order valence-corrected chi connectivity index (χ2v) is 3.36. The molecule has 0 fully saturated rings. The number of methoxy groups -OCH3 is 1. The summed E-state index contributed by atoms with van der Waals surface area (Å²) in [4.78, 5) is 32.6. The quantitative estimate of drug-likeness (QED) is 0.589. The Kier molecular flexibility index (Phi) is 4.64. The Bertz CT molecular complexity index is 549. The number of ether oxygens (including phenoxy) is 1. The van der Waals surface area contributed by atoms with E-state index in [-0.39, 0.29) is 11.3 Å². The van der Waals surface area contributed by atoms with Crippen molar-refractivity contribution in [1.29, 1.82) is 0 Å². The van der Waals surface area contributed by atoms with Crippen LogP contribution >= 0.6 is 0 Å². The molecular weight excluding hydrogens is 254 g/mol. The van der Waals surface area contributed by atoms with Gasteiger partial charge in [0.15, 0.2) is 0 Å². The minimum absolute atomic E-state index is 0.151. The van der Waals surface area contributed by atoms with Crippen molar-refractivity contribution in [3.8, 4) is 5.75 Å². The molecule has 0 aromatic heterocycles. The van der Waals surface area contributed by atoms with E-state index in [1.54, 1.807) is 0 Å². The zero-order valence-electron chi connectivity index (χ0n) is 9.88. The normalized spacial score (nSPS) is 10.2. The van der Waals surface area contributed by atoms with E-state index in [0.717, 1.165) is 19.3 Å². The standard InChI is InChI=1S/C12H11NO6/c1-19-12(18)8-3-2-7(6-9(8)14)13-10(15)4-5-11(16)17/h2-6,14H,1H3,(H,13,15)(H,16,17)/p-1/b5-4+. The largest absolute Gasteiger partial charge is 0.872 e. The predicted molar refractivity (Wildman–Crippen MR) is 62.6 cm³/mol. The van der Waals surface area contributed by atoms with Gasteiger partial charge in [-0.05, 0) is 18.2 Å². The summed E-state index contributed by atoms with van der Waals surface area (Å²) in [5.41, 5.74) is -0.000677. The number of carbonyl (C=O) groups excluding carboxylic acids is 2. The highest BCUT2D eigenvalue weighted by Crippen LogP contribution is 2.20. The van der Waals surface area contributed by atoms with Crippen molar-refractivity contribution in [2.45, 2.75) is 0 Å². The molecule has 2 N–H and O–H groups in total. The molecule has 0 aliphatic heterocycles. The minimum Gasteiger partial charge on any atom is -0.872 e. The summed E-state index contributed by atoms with van der Waals surface area (Å²) < 4.78 is 4.40. The molecule has 19 heavy (non-hydrogen) atoms. The molecule has 0 atom stereocenters. The van der Waals surface area contributed by atoms with Crippen LogP contribution in [0, 0.1) is 0 Å².